The zero-order valence-corrected chi connectivity index (χ0v) is 11.2. The highest BCUT2D eigenvalue weighted by molar-refractivity contribution is 6.17. The van der Waals surface area contributed by atoms with Gasteiger partial charge in [0, 0.05) is 12.4 Å². The van der Waals surface area contributed by atoms with Crippen molar-refractivity contribution in [3.63, 3.8) is 0 Å². The summed E-state index contributed by atoms with van der Waals surface area (Å²) in [5.74, 6) is 0.313. The predicted octanol–water partition coefficient (Wildman–Crippen LogP) is 2.01. The number of nitrogens with one attached hydrogen (secondary N) is 1. The van der Waals surface area contributed by atoms with Crippen molar-refractivity contribution in [2.24, 2.45) is 0 Å². The van der Waals surface area contributed by atoms with Gasteiger partial charge < -0.3 is 5.32 Å². The molecule has 19 heavy (non-hydrogen) atoms. The van der Waals surface area contributed by atoms with Gasteiger partial charge in [0.15, 0.2) is 0 Å². The minimum absolute atomic E-state index is 0.132. The summed E-state index contributed by atoms with van der Waals surface area (Å²) in [4.78, 5) is 25.9. The number of aryl methyl sites for hydroxylation is 1. The molecule has 1 unspecified atom stereocenters. The smallest absolute Gasteiger partial charge is 0.319 e. The van der Waals surface area contributed by atoms with Gasteiger partial charge >= 0.3 is 6.03 Å². The number of amides is 3. The van der Waals surface area contributed by atoms with Crippen LogP contribution >= 0.6 is 11.6 Å². The molecule has 2 aliphatic rings. The van der Waals surface area contributed by atoms with Crippen LogP contribution in [0.4, 0.5) is 4.79 Å². The van der Waals surface area contributed by atoms with E-state index in [1.165, 1.54) is 4.90 Å². The molecule has 0 radical (unpaired) electrons. The second-order valence-electron chi connectivity index (χ2n) is 4.99. The molecule has 0 saturated carbocycles. The molecule has 1 aliphatic carbocycles. The third kappa shape index (κ3) is 1.74. The summed E-state index contributed by atoms with van der Waals surface area (Å²) in [6.45, 7) is 0.387. The van der Waals surface area contributed by atoms with Crippen LogP contribution in [0.2, 0.25) is 0 Å². The number of nitrogens with zero attached hydrogens (tertiary/aromatic N) is 1. The van der Waals surface area contributed by atoms with Crippen LogP contribution in [0.3, 0.4) is 0 Å². The summed E-state index contributed by atoms with van der Waals surface area (Å²) in [5.41, 5.74) is 1.26. The Bertz CT molecular complexity index is 546. The van der Waals surface area contributed by atoms with E-state index in [1.807, 2.05) is 24.3 Å². The van der Waals surface area contributed by atoms with Gasteiger partial charge in [-0.1, -0.05) is 24.3 Å². The molecule has 100 valence electrons. The van der Waals surface area contributed by atoms with E-state index in [1.54, 1.807) is 0 Å². The third-order valence-electron chi connectivity index (χ3n) is 3.94. The molecule has 1 N–H and O–H groups in total. The van der Waals surface area contributed by atoms with Crippen LogP contribution < -0.4 is 5.32 Å². The lowest BCUT2D eigenvalue weighted by Crippen LogP contribution is -2.42. The number of alkyl halides is 1. The highest BCUT2D eigenvalue weighted by Gasteiger charge is 2.54. The molecule has 1 aliphatic heterocycles. The fourth-order valence-corrected chi connectivity index (χ4v) is 3.13. The highest BCUT2D eigenvalue weighted by Crippen LogP contribution is 2.41. The van der Waals surface area contributed by atoms with Gasteiger partial charge in [0.05, 0.1) is 0 Å². The van der Waals surface area contributed by atoms with Crippen molar-refractivity contribution in [3.05, 3.63) is 35.4 Å². The van der Waals surface area contributed by atoms with Gasteiger partial charge in [-0.3, -0.25) is 9.69 Å². The van der Waals surface area contributed by atoms with Gasteiger partial charge in [-0.2, -0.15) is 0 Å². The quantitative estimate of drug-likeness (QED) is 0.679. The lowest BCUT2D eigenvalue weighted by atomic mass is 9.92. The molecule has 1 atom stereocenters. The first-order chi connectivity index (χ1) is 9.19. The van der Waals surface area contributed by atoms with Crippen molar-refractivity contribution < 1.29 is 9.59 Å². The van der Waals surface area contributed by atoms with Crippen molar-refractivity contribution in [2.75, 3.05) is 12.4 Å². The summed E-state index contributed by atoms with van der Waals surface area (Å²) < 4.78 is 0. The van der Waals surface area contributed by atoms with E-state index in [0.29, 0.717) is 25.3 Å². The molecule has 1 saturated heterocycles. The molecule has 3 rings (SSSR count). The molecule has 4 nitrogen and oxygen atoms in total. The Morgan fingerprint density at radius 2 is 2.11 bits per heavy atom. The fourth-order valence-electron chi connectivity index (χ4n) is 3.01. The normalized spacial score (nSPS) is 25.0. The number of imide groups is 1. The van der Waals surface area contributed by atoms with E-state index < -0.39 is 5.54 Å². The van der Waals surface area contributed by atoms with E-state index in [4.69, 9.17) is 11.6 Å². The number of halogens is 1. The maximum Gasteiger partial charge on any atom is 0.325 e. The van der Waals surface area contributed by atoms with Crippen molar-refractivity contribution in [2.45, 2.75) is 24.8 Å². The van der Waals surface area contributed by atoms with Gasteiger partial charge in [0.2, 0.25) is 0 Å². The number of carbonyl (C=O) groups is 2. The number of fused-ring (bicyclic) bond motifs is 2. The summed E-state index contributed by atoms with van der Waals surface area (Å²) >= 11 is 5.64. The monoisotopic (exact) mass is 278 g/mol. The molecule has 0 aromatic heterocycles. The maximum absolute atomic E-state index is 12.6. The van der Waals surface area contributed by atoms with Crippen LogP contribution in [-0.4, -0.2) is 29.3 Å². The van der Waals surface area contributed by atoms with E-state index in [9.17, 15) is 9.59 Å². The minimum Gasteiger partial charge on any atom is -0.319 e. The number of urea groups is 1. The van der Waals surface area contributed by atoms with Crippen molar-refractivity contribution in [1.29, 1.82) is 0 Å². The summed E-state index contributed by atoms with van der Waals surface area (Å²) in [7, 11) is 0. The Labute approximate surface area is 116 Å². The number of carbonyl (C=O) groups excluding carboxylic acids is 2. The number of hydrogen-bond acceptors (Lipinski definition) is 2. The van der Waals surface area contributed by atoms with Gasteiger partial charge in [0.1, 0.15) is 5.54 Å². The van der Waals surface area contributed by atoms with Crippen LogP contribution in [0.1, 0.15) is 24.0 Å². The zero-order valence-electron chi connectivity index (χ0n) is 10.5. The fraction of sp³-hybridized carbons (Fsp3) is 0.429. The number of rotatable bonds is 3. The van der Waals surface area contributed by atoms with E-state index in [-0.39, 0.29) is 11.9 Å². The highest BCUT2D eigenvalue weighted by atomic mass is 35.5. The number of benzene rings is 1. The van der Waals surface area contributed by atoms with Crippen LogP contribution in [0.25, 0.3) is 0 Å². The second kappa shape index (κ2) is 4.53. The Kier molecular flexibility index (Phi) is 2.97. The predicted molar refractivity (Wildman–Crippen MR) is 72.0 cm³/mol. The van der Waals surface area contributed by atoms with Gasteiger partial charge in [-0.15, -0.1) is 11.6 Å². The Balaban J connectivity index is 1.95. The lowest BCUT2D eigenvalue weighted by molar-refractivity contribution is -0.131. The molecule has 1 heterocycles. The summed E-state index contributed by atoms with van der Waals surface area (Å²) in [6, 6.07) is 7.53. The van der Waals surface area contributed by atoms with Crippen LogP contribution in [0, 0.1) is 0 Å². The molecule has 5 heteroatoms. The third-order valence-corrected chi connectivity index (χ3v) is 4.20. The zero-order chi connectivity index (χ0) is 13.5. The van der Waals surface area contributed by atoms with E-state index >= 15 is 0 Å². The molecule has 1 aromatic rings. The molecule has 3 amide bonds. The summed E-state index contributed by atoms with van der Waals surface area (Å²) in [5, 5.41) is 2.89. The topological polar surface area (TPSA) is 49.4 Å². The molecular weight excluding hydrogens is 264 g/mol. The van der Waals surface area contributed by atoms with Gasteiger partial charge in [0.25, 0.3) is 5.91 Å². The van der Waals surface area contributed by atoms with E-state index in [0.717, 1.165) is 17.5 Å². The van der Waals surface area contributed by atoms with Crippen LogP contribution in [0.5, 0.6) is 0 Å². The standard InChI is InChI=1S/C14H15ClN2O2/c15-8-3-9-17-12(18)14(16-13(17)19)7-6-10-4-1-2-5-11(10)14/h1-2,4-5H,3,6-9H2,(H,16,19). The first-order valence-corrected chi connectivity index (χ1v) is 7.01. The molecule has 1 fully saturated rings. The minimum atomic E-state index is -0.833. The van der Waals surface area contributed by atoms with Crippen molar-refractivity contribution >= 4 is 23.5 Å². The summed E-state index contributed by atoms with van der Waals surface area (Å²) in [6.07, 6.45) is 2.10. The Morgan fingerprint density at radius 3 is 2.89 bits per heavy atom. The molecule has 1 aromatic carbocycles. The van der Waals surface area contributed by atoms with Crippen LogP contribution in [0.15, 0.2) is 24.3 Å². The van der Waals surface area contributed by atoms with E-state index in [2.05, 4.69) is 5.32 Å². The number of hydrogen-bond donors (Lipinski definition) is 1. The van der Waals surface area contributed by atoms with Gasteiger partial charge in [-0.05, 0) is 30.4 Å². The SMILES string of the molecule is O=C1NC2(CCc3ccccc32)C(=O)N1CCCCl. The lowest BCUT2D eigenvalue weighted by Gasteiger charge is -2.22. The Hall–Kier alpha value is -1.55. The average molecular weight is 279 g/mol. The molecule has 0 bridgehead atoms. The second-order valence-corrected chi connectivity index (χ2v) is 5.37. The first-order valence-electron chi connectivity index (χ1n) is 6.47. The maximum atomic E-state index is 12.6. The van der Waals surface area contributed by atoms with Crippen molar-refractivity contribution in [1.82, 2.24) is 10.2 Å². The van der Waals surface area contributed by atoms with Crippen LogP contribution in [-0.2, 0) is 16.8 Å². The molecular formula is C14H15ClN2O2. The van der Waals surface area contributed by atoms with Gasteiger partial charge in [-0.25, -0.2) is 4.79 Å². The first kappa shape index (κ1) is 12.5. The molecule has 1 spiro atoms. The average Bonchev–Trinajstić information content (AvgIpc) is 2.90. The van der Waals surface area contributed by atoms with Crippen molar-refractivity contribution in [3.8, 4) is 0 Å². The Morgan fingerprint density at radius 1 is 1.32 bits per heavy atom. The largest absolute Gasteiger partial charge is 0.325 e.